The predicted octanol–water partition coefficient (Wildman–Crippen LogP) is -0.204. The molecule has 0 rings (SSSR count). The maximum atomic E-state index is 11.5. The van der Waals surface area contributed by atoms with Crippen LogP contribution in [0.4, 0.5) is 0 Å². The molecule has 0 aromatic carbocycles. The Balaban J connectivity index is 4.24. The van der Waals surface area contributed by atoms with E-state index in [2.05, 4.69) is 5.32 Å². The molecule has 2 unspecified atom stereocenters. The van der Waals surface area contributed by atoms with Gasteiger partial charge in [0.15, 0.2) is 0 Å². The topological polar surface area (TPSA) is 130 Å². The first-order valence-corrected chi connectivity index (χ1v) is 5.71. The van der Waals surface area contributed by atoms with Gasteiger partial charge in [-0.25, -0.2) is 0 Å². The highest BCUT2D eigenvalue weighted by Gasteiger charge is 2.32. The molecule has 18 heavy (non-hydrogen) atoms. The number of amides is 1. The molecule has 7 heteroatoms. The third-order valence-electron chi connectivity index (χ3n) is 2.96. The quantitative estimate of drug-likeness (QED) is 0.478. The molecule has 0 aliphatic heterocycles. The minimum Gasteiger partial charge on any atom is -0.481 e. The van der Waals surface area contributed by atoms with Crippen molar-refractivity contribution in [3.63, 3.8) is 0 Å². The minimum absolute atomic E-state index is 0.0249. The van der Waals surface area contributed by atoms with E-state index in [9.17, 15) is 14.4 Å². The fourth-order valence-electron chi connectivity index (χ4n) is 1.18. The molecular formula is C11H20N2O5. The Kier molecular flexibility index (Phi) is 6.32. The summed E-state index contributed by atoms with van der Waals surface area (Å²) in [6, 6.07) is -0.934. The lowest BCUT2D eigenvalue weighted by atomic mass is 9.87. The van der Waals surface area contributed by atoms with Crippen LogP contribution in [-0.4, -0.2) is 40.6 Å². The van der Waals surface area contributed by atoms with Crippen molar-refractivity contribution in [2.75, 3.05) is 6.54 Å². The first-order chi connectivity index (χ1) is 8.23. The molecule has 104 valence electrons. The molecule has 2 atom stereocenters. The molecule has 0 fully saturated rings. The number of carboxylic acid groups (broad SMARTS) is 2. The van der Waals surface area contributed by atoms with E-state index in [1.807, 2.05) is 0 Å². The van der Waals surface area contributed by atoms with Gasteiger partial charge in [0.05, 0.1) is 11.5 Å². The zero-order valence-corrected chi connectivity index (χ0v) is 10.6. The van der Waals surface area contributed by atoms with Crippen LogP contribution in [0.3, 0.4) is 0 Å². The van der Waals surface area contributed by atoms with Gasteiger partial charge in [-0.1, -0.05) is 6.92 Å². The molecule has 0 aliphatic rings. The maximum Gasteiger partial charge on any atom is 0.311 e. The Morgan fingerprint density at radius 1 is 1.33 bits per heavy atom. The monoisotopic (exact) mass is 260 g/mol. The van der Waals surface area contributed by atoms with Crippen LogP contribution in [0.25, 0.3) is 0 Å². The van der Waals surface area contributed by atoms with E-state index in [0.717, 1.165) is 0 Å². The average Bonchev–Trinajstić information content (AvgIpc) is 2.31. The fourth-order valence-corrected chi connectivity index (χ4v) is 1.18. The first kappa shape index (κ1) is 16.4. The molecule has 7 nitrogen and oxygen atoms in total. The van der Waals surface area contributed by atoms with Crippen molar-refractivity contribution in [3.05, 3.63) is 0 Å². The van der Waals surface area contributed by atoms with Crippen molar-refractivity contribution >= 4 is 17.8 Å². The zero-order chi connectivity index (χ0) is 14.3. The van der Waals surface area contributed by atoms with Gasteiger partial charge in [-0.15, -0.1) is 0 Å². The van der Waals surface area contributed by atoms with E-state index in [-0.39, 0.29) is 19.4 Å². The van der Waals surface area contributed by atoms with Gasteiger partial charge in [-0.05, 0) is 19.8 Å². The molecule has 0 saturated heterocycles. The van der Waals surface area contributed by atoms with Crippen molar-refractivity contribution < 1.29 is 24.6 Å². The van der Waals surface area contributed by atoms with E-state index < -0.39 is 29.3 Å². The highest BCUT2D eigenvalue weighted by atomic mass is 16.4. The number of nitrogens with one attached hydrogen (secondary N) is 1. The summed E-state index contributed by atoms with van der Waals surface area (Å²) in [7, 11) is 0. The molecule has 1 amide bonds. The van der Waals surface area contributed by atoms with E-state index in [4.69, 9.17) is 15.9 Å². The summed E-state index contributed by atoms with van der Waals surface area (Å²) >= 11 is 0. The van der Waals surface area contributed by atoms with Crippen LogP contribution < -0.4 is 11.1 Å². The molecule has 0 spiro atoms. The van der Waals surface area contributed by atoms with Gasteiger partial charge in [-0.2, -0.15) is 0 Å². The van der Waals surface area contributed by atoms with Crippen LogP contribution >= 0.6 is 0 Å². The summed E-state index contributed by atoms with van der Waals surface area (Å²) in [4.78, 5) is 32.8. The van der Waals surface area contributed by atoms with Crippen LogP contribution in [-0.2, 0) is 14.4 Å². The lowest BCUT2D eigenvalue weighted by Gasteiger charge is -2.24. The molecule has 0 radical (unpaired) electrons. The Labute approximate surface area is 105 Å². The average molecular weight is 260 g/mol. The molecule has 0 aromatic rings. The smallest absolute Gasteiger partial charge is 0.311 e. The van der Waals surface area contributed by atoms with Crippen molar-refractivity contribution in [3.8, 4) is 0 Å². The molecule has 0 bridgehead atoms. The molecule has 0 aliphatic carbocycles. The third-order valence-corrected chi connectivity index (χ3v) is 2.96. The van der Waals surface area contributed by atoms with Crippen LogP contribution in [0, 0.1) is 5.41 Å². The fraction of sp³-hybridized carbons (Fsp3) is 0.727. The summed E-state index contributed by atoms with van der Waals surface area (Å²) in [5.41, 5.74) is 4.45. The second kappa shape index (κ2) is 6.95. The molecular weight excluding hydrogens is 240 g/mol. The summed E-state index contributed by atoms with van der Waals surface area (Å²) in [5, 5.41) is 19.9. The van der Waals surface area contributed by atoms with Gasteiger partial charge in [0, 0.05) is 13.0 Å². The Morgan fingerprint density at radius 2 is 1.89 bits per heavy atom. The van der Waals surface area contributed by atoms with E-state index in [0.29, 0.717) is 6.42 Å². The maximum absolute atomic E-state index is 11.5. The minimum atomic E-state index is -1.04. The van der Waals surface area contributed by atoms with Crippen LogP contribution in [0.2, 0.25) is 0 Å². The predicted molar refractivity (Wildman–Crippen MR) is 63.9 cm³/mol. The van der Waals surface area contributed by atoms with E-state index in [1.54, 1.807) is 6.92 Å². The Morgan fingerprint density at radius 3 is 2.28 bits per heavy atom. The summed E-state index contributed by atoms with van der Waals surface area (Å²) in [6.07, 6.45) is 0.197. The second-order valence-electron chi connectivity index (χ2n) is 4.48. The van der Waals surface area contributed by atoms with Gasteiger partial charge in [0.25, 0.3) is 0 Å². The normalized spacial score (nSPS) is 15.5. The van der Waals surface area contributed by atoms with Crippen LogP contribution in [0.1, 0.15) is 33.1 Å². The van der Waals surface area contributed by atoms with Gasteiger partial charge in [-0.3, -0.25) is 14.4 Å². The highest BCUT2D eigenvalue weighted by molar-refractivity contribution is 5.83. The molecule has 5 N–H and O–H groups in total. The number of aliphatic carboxylic acids is 2. The standard InChI is InChI=1S/C11H20N2O5/c1-3-11(2,10(17)18)6-13-9(16)7(12)4-5-8(14)15/h7H,3-6,12H2,1-2H3,(H,13,16)(H,14,15)(H,17,18). The number of carbonyl (C=O) groups is 3. The lowest BCUT2D eigenvalue weighted by Crippen LogP contribution is -2.46. The number of hydrogen-bond acceptors (Lipinski definition) is 4. The Bertz CT molecular complexity index is 331. The third kappa shape index (κ3) is 5.13. The summed E-state index contributed by atoms with van der Waals surface area (Å²) in [6.45, 7) is 3.21. The number of hydrogen-bond donors (Lipinski definition) is 4. The van der Waals surface area contributed by atoms with Crippen molar-refractivity contribution in [2.45, 2.75) is 39.2 Å². The van der Waals surface area contributed by atoms with Crippen molar-refractivity contribution in [2.24, 2.45) is 11.1 Å². The molecule has 0 saturated carbocycles. The zero-order valence-electron chi connectivity index (χ0n) is 10.6. The van der Waals surface area contributed by atoms with E-state index in [1.165, 1.54) is 6.92 Å². The van der Waals surface area contributed by atoms with Crippen molar-refractivity contribution in [1.29, 1.82) is 0 Å². The summed E-state index contributed by atoms with van der Waals surface area (Å²) < 4.78 is 0. The second-order valence-corrected chi connectivity index (χ2v) is 4.48. The largest absolute Gasteiger partial charge is 0.481 e. The number of carboxylic acids is 2. The van der Waals surface area contributed by atoms with Gasteiger partial charge < -0.3 is 21.3 Å². The number of carbonyl (C=O) groups excluding carboxylic acids is 1. The number of nitrogens with two attached hydrogens (primary N) is 1. The van der Waals surface area contributed by atoms with Crippen molar-refractivity contribution in [1.82, 2.24) is 5.32 Å². The van der Waals surface area contributed by atoms with Crippen LogP contribution in [0.15, 0.2) is 0 Å². The van der Waals surface area contributed by atoms with Crippen LogP contribution in [0.5, 0.6) is 0 Å². The highest BCUT2D eigenvalue weighted by Crippen LogP contribution is 2.19. The lowest BCUT2D eigenvalue weighted by molar-refractivity contribution is -0.148. The number of rotatable bonds is 8. The Hall–Kier alpha value is -1.63. The first-order valence-electron chi connectivity index (χ1n) is 5.71. The van der Waals surface area contributed by atoms with Gasteiger partial charge >= 0.3 is 11.9 Å². The van der Waals surface area contributed by atoms with Gasteiger partial charge in [0.2, 0.25) is 5.91 Å². The molecule has 0 heterocycles. The SMILES string of the molecule is CCC(C)(CNC(=O)C(N)CCC(=O)O)C(=O)O. The molecule has 0 aromatic heterocycles. The van der Waals surface area contributed by atoms with E-state index >= 15 is 0 Å². The summed E-state index contributed by atoms with van der Waals surface area (Å²) in [5.74, 6) is -2.55. The van der Waals surface area contributed by atoms with Gasteiger partial charge in [0.1, 0.15) is 0 Å².